The summed E-state index contributed by atoms with van der Waals surface area (Å²) in [4.78, 5) is 28.3. The van der Waals surface area contributed by atoms with E-state index in [4.69, 9.17) is 4.74 Å². The Morgan fingerprint density at radius 2 is 1.71 bits per heavy atom. The van der Waals surface area contributed by atoms with Crippen LogP contribution in [-0.4, -0.2) is 78.2 Å². The predicted octanol–water partition coefficient (Wildman–Crippen LogP) is 1.58. The molecule has 1 aromatic carbocycles. The first-order chi connectivity index (χ1) is 13.7. The van der Waals surface area contributed by atoms with Crippen LogP contribution in [0.5, 0.6) is 0 Å². The Bertz CT molecular complexity index is 800. The number of hydrogen-bond acceptors (Lipinski definition) is 6. The summed E-state index contributed by atoms with van der Waals surface area (Å²) >= 11 is 0. The molecule has 2 fully saturated rings. The number of carbonyl (C=O) groups is 1. The van der Waals surface area contributed by atoms with Crippen molar-refractivity contribution in [1.29, 1.82) is 0 Å². The zero-order valence-corrected chi connectivity index (χ0v) is 16.4. The van der Waals surface area contributed by atoms with Gasteiger partial charge in [0, 0.05) is 51.9 Å². The first-order valence-corrected chi connectivity index (χ1v) is 9.93. The molecule has 2 aliphatic heterocycles. The lowest BCUT2D eigenvalue weighted by Crippen LogP contribution is -2.46. The molecular formula is C21H27N5O2. The quantitative estimate of drug-likeness (QED) is 0.801. The fraction of sp³-hybridized carbons (Fsp3) is 0.476. The molecule has 1 amide bonds. The minimum Gasteiger partial charge on any atom is -0.378 e. The third-order valence-electron chi connectivity index (χ3n) is 5.29. The van der Waals surface area contributed by atoms with Crippen molar-refractivity contribution >= 4 is 11.7 Å². The van der Waals surface area contributed by atoms with Gasteiger partial charge in [-0.2, -0.15) is 0 Å². The van der Waals surface area contributed by atoms with Crippen LogP contribution < -0.4 is 4.90 Å². The van der Waals surface area contributed by atoms with Crippen molar-refractivity contribution in [2.24, 2.45) is 0 Å². The topological polar surface area (TPSA) is 61.8 Å². The number of hydrogen-bond donors (Lipinski definition) is 0. The molecule has 4 rings (SSSR count). The van der Waals surface area contributed by atoms with Crippen molar-refractivity contribution in [2.75, 3.05) is 57.4 Å². The second-order valence-electron chi connectivity index (χ2n) is 7.31. The Kier molecular flexibility index (Phi) is 5.83. The molecule has 0 atom stereocenters. The maximum Gasteiger partial charge on any atom is 0.272 e. The SMILES string of the molecule is Cc1nc(C(=O)N2CCOCC2)cc(N2CCN(Cc3ccccc3)CC2)n1. The number of anilines is 1. The van der Waals surface area contributed by atoms with Gasteiger partial charge in [0.1, 0.15) is 17.3 Å². The molecule has 0 radical (unpaired) electrons. The summed E-state index contributed by atoms with van der Waals surface area (Å²) in [6.07, 6.45) is 0. The number of nitrogens with zero attached hydrogens (tertiary/aromatic N) is 5. The maximum absolute atomic E-state index is 12.8. The van der Waals surface area contributed by atoms with Crippen LogP contribution in [0.25, 0.3) is 0 Å². The molecule has 0 spiro atoms. The van der Waals surface area contributed by atoms with E-state index in [-0.39, 0.29) is 5.91 Å². The summed E-state index contributed by atoms with van der Waals surface area (Å²) in [6, 6.07) is 12.4. The molecule has 2 aromatic rings. The van der Waals surface area contributed by atoms with Crippen LogP contribution in [0.3, 0.4) is 0 Å². The normalized spacial score (nSPS) is 18.3. The number of carbonyl (C=O) groups excluding carboxylic acids is 1. The van der Waals surface area contributed by atoms with E-state index in [9.17, 15) is 4.79 Å². The van der Waals surface area contributed by atoms with Crippen LogP contribution in [0.15, 0.2) is 36.4 Å². The Morgan fingerprint density at radius 1 is 1.00 bits per heavy atom. The first kappa shape index (κ1) is 18.8. The van der Waals surface area contributed by atoms with Crippen molar-refractivity contribution in [1.82, 2.24) is 19.8 Å². The summed E-state index contributed by atoms with van der Waals surface area (Å²) in [5.74, 6) is 1.46. The molecular weight excluding hydrogens is 354 g/mol. The molecule has 0 N–H and O–H groups in total. The number of rotatable bonds is 4. The Morgan fingerprint density at radius 3 is 2.43 bits per heavy atom. The van der Waals surface area contributed by atoms with Gasteiger partial charge >= 0.3 is 0 Å². The fourth-order valence-electron chi connectivity index (χ4n) is 3.73. The molecule has 0 unspecified atom stereocenters. The van der Waals surface area contributed by atoms with E-state index in [1.165, 1.54) is 5.56 Å². The fourth-order valence-corrected chi connectivity index (χ4v) is 3.73. The third kappa shape index (κ3) is 4.48. The van der Waals surface area contributed by atoms with Crippen LogP contribution in [0.2, 0.25) is 0 Å². The van der Waals surface area contributed by atoms with Crippen LogP contribution in [0, 0.1) is 6.92 Å². The second-order valence-corrected chi connectivity index (χ2v) is 7.31. The molecule has 2 saturated heterocycles. The van der Waals surface area contributed by atoms with Gasteiger partial charge in [-0.3, -0.25) is 9.69 Å². The zero-order chi connectivity index (χ0) is 19.3. The minimum atomic E-state index is -0.0298. The van der Waals surface area contributed by atoms with Crippen molar-refractivity contribution in [3.05, 3.63) is 53.5 Å². The van der Waals surface area contributed by atoms with E-state index in [1.54, 1.807) is 0 Å². The van der Waals surface area contributed by atoms with Crippen LogP contribution in [0.4, 0.5) is 5.82 Å². The Balaban J connectivity index is 1.40. The summed E-state index contributed by atoms with van der Waals surface area (Å²) in [7, 11) is 0. The molecule has 148 valence electrons. The van der Waals surface area contributed by atoms with Gasteiger partial charge in [-0.1, -0.05) is 30.3 Å². The van der Waals surface area contributed by atoms with Gasteiger partial charge in [-0.15, -0.1) is 0 Å². The van der Waals surface area contributed by atoms with Gasteiger partial charge in [0.15, 0.2) is 0 Å². The molecule has 2 aliphatic rings. The van der Waals surface area contributed by atoms with Crippen molar-refractivity contribution in [3.8, 4) is 0 Å². The molecule has 3 heterocycles. The lowest BCUT2D eigenvalue weighted by atomic mass is 10.2. The average molecular weight is 381 g/mol. The van der Waals surface area contributed by atoms with E-state index in [1.807, 2.05) is 17.9 Å². The Labute approximate surface area is 165 Å². The molecule has 0 bridgehead atoms. The highest BCUT2D eigenvalue weighted by Gasteiger charge is 2.23. The number of aromatic nitrogens is 2. The minimum absolute atomic E-state index is 0.0298. The lowest BCUT2D eigenvalue weighted by molar-refractivity contribution is 0.0299. The number of ether oxygens (including phenoxy) is 1. The van der Waals surface area contributed by atoms with E-state index in [0.717, 1.165) is 38.5 Å². The van der Waals surface area contributed by atoms with Gasteiger partial charge in [0.05, 0.1) is 13.2 Å². The van der Waals surface area contributed by atoms with E-state index >= 15 is 0 Å². The summed E-state index contributed by atoms with van der Waals surface area (Å²) in [5, 5.41) is 0. The summed E-state index contributed by atoms with van der Waals surface area (Å²) in [5.41, 5.74) is 1.82. The van der Waals surface area contributed by atoms with Gasteiger partial charge in [-0.25, -0.2) is 9.97 Å². The van der Waals surface area contributed by atoms with Crippen LogP contribution in [-0.2, 0) is 11.3 Å². The van der Waals surface area contributed by atoms with E-state index < -0.39 is 0 Å². The molecule has 28 heavy (non-hydrogen) atoms. The van der Waals surface area contributed by atoms with E-state index in [2.05, 4.69) is 50.1 Å². The molecule has 1 aromatic heterocycles. The van der Waals surface area contributed by atoms with Crippen LogP contribution in [0.1, 0.15) is 21.9 Å². The highest BCUT2D eigenvalue weighted by molar-refractivity contribution is 5.93. The number of aryl methyl sites for hydroxylation is 1. The van der Waals surface area contributed by atoms with Gasteiger partial charge in [0.2, 0.25) is 0 Å². The van der Waals surface area contributed by atoms with Crippen molar-refractivity contribution in [3.63, 3.8) is 0 Å². The zero-order valence-electron chi connectivity index (χ0n) is 16.4. The molecule has 7 nitrogen and oxygen atoms in total. The second kappa shape index (κ2) is 8.67. The highest BCUT2D eigenvalue weighted by Crippen LogP contribution is 2.18. The van der Waals surface area contributed by atoms with Crippen molar-refractivity contribution in [2.45, 2.75) is 13.5 Å². The largest absolute Gasteiger partial charge is 0.378 e. The van der Waals surface area contributed by atoms with Gasteiger partial charge in [-0.05, 0) is 12.5 Å². The monoisotopic (exact) mass is 381 g/mol. The smallest absolute Gasteiger partial charge is 0.272 e. The molecule has 0 saturated carbocycles. The lowest BCUT2D eigenvalue weighted by Gasteiger charge is -2.35. The number of benzene rings is 1. The van der Waals surface area contributed by atoms with E-state index in [0.29, 0.717) is 37.8 Å². The van der Waals surface area contributed by atoms with Crippen LogP contribution >= 0.6 is 0 Å². The van der Waals surface area contributed by atoms with Gasteiger partial charge in [0.25, 0.3) is 5.91 Å². The maximum atomic E-state index is 12.8. The highest BCUT2D eigenvalue weighted by atomic mass is 16.5. The summed E-state index contributed by atoms with van der Waals surface area (Å²) < 4.78 is 5.34. The first-order valence-electron chi connectivity index (χ1n) is 9.93. The average Bonchev–Trinajstić information content (AvgIpc) is 2.75. The number of piperazine rings is 1. The summed E-state index contributed by atoms with van der Waals surface area (Å²) in [6.45, 7) is 8.99. The standard InChI is InChI=1S/C21H27N5O2/c1-17-22-19(21(27)26-11-13-28-14-12-26)15-20(23-17)25-9-7-24(8-10-25)16-18-5-3-2-4-6-18/h2-6,15H,7-14,16H2,1H3. The number of morpholine rings is 1. The van der Waals surface area contributed by atoms with Crippen molar-refractivity contribution < 1.29 is 9.53 Å². The number of amides is 1. The van der Waals surface area contributed by atoms with Gasteiger partial charge < -0.3 is 14.5 Å². The molecule has 7 heteroatoms. The third-order valence-corrected chi connectivity index (χ3v) is 5.29. The predicted molar refractivity (Wildman–Crippen MR) is 107 cm³/mol. The molecule has 0 aliphatic carbocycles. The Hall–Kier alpha value is -2.51.